The lowest BCUT2D eigenvalue weighted by atomic mass is 10.1. The van der Waals surface area contributed by atoms with Crippen LogP contribution in [-0.4, -0.2) is 23.6 Å². The first kappa shape index (κ1) is 18.6. The second kappa shape index (κ2) is 8.47. The van der Waals surface area contributed by atoms with Crippen LogP contribution in [0.3, 0.4) is 0 Å². The minimum atomic E-state index is -0.411. The molecule has 0 spiro atoms. The standard InChI is InChI=1S/C21H18N2O3S/c1-3-13-23-17-11-10-16(20(25)26-2)14-18(17)27-21(23)22-19(24)12-9-15-7-5-4-6-8-15/h1,4-8,10-11,14H,9,12-13H2,2H3. The van der Waals surface area contributed by atoms with Crippen LogP contribution in [0.1, 0.15) is 22.3 Å². The molecule has 3 aromatic rings. The smallest absolute Gasteiger partial charge is 0.337 e. The van der Waals surface area contributed by atoms with Crippen molar-refractivity contribution in [2.45, 2.75) is 19.4 Å². The molecule has 0 aliphatic rings. The largest absolute Gasteiger partial charge is 0.465 e. The highest BCUT2D eigenvalue weighted by atomic mass is 32.1. The van der Waals surface area contributed by atoms with Crippen LogP contribution in [0.25, 0.3) is 10.2 Å². The van der Waals surface area contributed by atoms with Crippen molar-refractivity contribution in [3.63, 3.8) is 0 Å². The van der Waals surface area contributed by atoms with E-state index in [4.69, 9.17) is 11.2 Å². The van der Waals surface area contributed by atoms with Crippen LogP contribution in [0.5, 0.6) is 0 Å². The van der Waals surface area contributed by atoms with Crippen LogP contribution in [0, 0.1) is 12.3 Å². The summed E-state index contributed by atoms with van der Waals surface area (Å²) in [5.41, 5.74) is 2.37. The van der Waals surface area contributed by atoms with Crippen LogP contribution in [0.2, 0.25) is 0 Å². The van der Waals surface area contributed by atoms with Crippen LogP contribution in [-0.2, 0) is 22.5 Å². The molecule has 0 saturated heterocycles. The van der Waals surface area contributed by atoms with Crippen molar-refractivity contribution in [3.05, 3.63) is 64.5 Å². The van der Waals surface area contributed by atoms with Gasteiger partial charge < -0.3 is 9.30 Å². The molecule has 0 unspecified atom stereocenters. The average molecular weight is 378 g/mol. The maximum atomic E-state index is 12.3. The summed E-state index contributed by atoms with van der Waals surface area (Å²) in [6, 6.07) is 15.0. The van der Waals surface area contributed by atoms with Crippen molar-refractivity contribution in [3.8, 4) is 12.3 Å². The van der Waals surface area contributed by atoms with Crippen LogP contribution >= 0.6 is 11.3 Å². The molecular formula is C21H18N2O3S. The Balaban J connectivity index is 1.92. The number of benzene rings is 2. The van der Waals surface area contributed by atoms with Gasteiger partial charge in [-0.05, 0) is 30.2 Å². The lowest BCUT2D eigenvalue weighted by Crippen LogP contribution is -2.16. The zero-order valence-electron chi connectivity index (χ0n) is 14.8. The van der Waals surface area contributed by atoms with Crippen molar-refractivity contribution in [2.24, 2.45) is 4.99 Å². The third-order valence-corrected chi connectivity index (χ3v) is 5.09. The molecule has 0 radical (unpaired) electrons. The molecule has 5 nitrogen and oxygen atoms in total. The molecular weight excluding hydrogens is 360 g/mol. The molecule has 0 aliphatic heterocycles. The number of amides is 1. The number of hydrogen-bond donors (Lipinski definition) is 0. The Labute approximate surface area is 160 Å². The van der Waals surface area contributed by atoms with E-state index >= 15 is 0 Å². The van der Waals surface area contributed by atoms with Crippen molar-refractivity contribution in [1.29, 1.82) is 0 Å². The summed E-state index contributed by atoms with van der Waals surface area (Å²) in [6.07, 6.45) is 6.43. The van der Waals surface area contributed by atoms with Gasteiger partial charge in [-0.3, -0.25) is 4.79 Å². The number of carbonyl (C=O) groups excluding carboxylic acids is 2. The summed E-state index contributed by atoms with van der Waals surface area (Å²) in [5.74, 6) is 1.97. The number of thiazole rings is 1. The van der Waals surface area contributed by atoms with Gasteiger partial charge in [-0.1, -0.05) is 47.6 Å². The van der Waals surface area contributed by atoms with Crippen LogP contribution in [0.4, 0.5) is 0 Å². The van der Waals surface area contributed by atoms with Crippen LogP contribution in [0.15, 0.2) is 53.5 Å². The molecule has 0 saturated carbocycles. The van der Waals surface area contributed by atoms with Gasteiger partial charge in [-0.15, -0.1) is 6.42 Å². The van der Waals surface area contributed by atoms with E-state index in [1.165, 1.54) is 18.4 Å². The average Bonchev–Trinajstić information content (AvgIpc) is 3.03. The van der Waals surface area contributed by atoms with E-state index in [1.807, 2.05) is 34.9 Å². The van der Waals surface area contributed by atoms with Crippen LogP contribution < -0.4 is 4.80 Å². The third-order valence-electron chi connectivity index (χ3n) is 4.04. The number of ether oxygens (including phenoxy) is 1. The van der Waals surface area contributed by atoms with E-state index in [0.29, 0.717) is 29.8 Å². The Bertz CT molecular complexity index is 1090. The Morgan fingerprint density at radius 2 is 2.00 bits per heavy atom. The van der Waals surface area contributed by atoms with Crippen molar-refractivity contribution in [1.82, 2.24) is 4.57 Å². The fourth-order valence-electron chi connectivity index (χ4n) is 2.71. The molecule has 0 aliphatic carbocycles. The number of hydrogen-bond acceptors (Lipinski definition) is 4. The molecule has 3 rings (SSSR count). The van der Waals surface area contributed by atoms with Gasteiger partial charge >= 0.3 is 5.97 Å². The van der Waals surface area contributed by atoms with E-state index in [9.17, 15) is 9.59 Å². The van der Waals surface area contributed by atoms with Gasteiger partial charge in [0.05, 0.1) is 29.4 Å². The fourth-order valence-corrected chi connectivity index (χ4v) is 3.79. The van der Waals surface area contributed by atoms with Gasteiger partial charge in [-0.25, -0.2) is 4.79 Å². The predicted molar refractivity (Wildman–Crippen MR) is 105 cm³/mol. The van der Waals surface area contributed by atoms with Crippen molar-refractivity contribution in [2.75, 3.05) is 7.11 Å². The summed E-state index contributed by atoms with van der Waals surface area (Å²) in [7, 11) is 1.34. The molecule has 6 heteroatoms. The molecule has 1 amide bonds. The Morgan fingerprint density at radius 1 is 1.22 bits per heavy atom. The molecule has 0 fully saturated rings. The zero-order chi connectivity index (χ0) is 19.2. The molecule has 0 bridgehead atoms. The second-order valence-electron chi connectivity index (χ2n) is 5.84. The Hall–Kier alpha value is -3.17. The maximum absolute atomic E-state index is 12.3. The predicted octanol–water partition coefficient (Wildman–Crippen LogP) is 3.18. The summed E-state index contributed by atoms with van der Waals surface area (Å²) >= 11 is 1.33. The van der Waals surface area contributed by atoms with Crippen molar-refractivity contribution < 1.29 is 14.3 Å². The monoisotopic (exact) mass is 378 g/mol. The number of aromatic nitrogens is 1. The Morgan fingerprint density at radius 3 is 2.70 bits per heavy atom. The molecule has 1 aromatic heterocycles. The number of esters is 1. The third kappa shape index (κ3) is 4.33. The number of fused-ring (bicyclic) bond motifs is 1. The quantitative estimate of drug-likeness (QED) is 0.506. The van der Waals surface area contributed by atoms with Crippen molar-refractivity contribution >= 4 is 33.4 Å². The molecule has 0 atom stereocenters. The Kier molecular flexibility index (Phi) is 5.84. The minimum absolute atomic E-state index is 0.204. The normalized spacial score (nSPS) is 11.3. The molecule has 136 valence electrons. The molecule has 0 N–H and O–H groups in total. The molecule has 1 heterocycles. The summed E-state index contributed by atoms with van der Waals surface area (Å²) < 4.78 is 7.39. The first-order valence-corrected chi connectivity index (χ1v) is 9.20. The number of rotatable bonds is 5. The lowest BCUT2D eigenvalue weighted by Gasteiger charge is -2.02. The van der Waals surface area contributed by atoms with Gasteiger partial charge in [0.2, 0.25) is 5.91 Å². The van der Waals surface area contributed by atoms with E-state index in [1.54, 1.807) is 18.2 Å². The van der Waals surface area contributed by atoms with Gasteiger partial charge in [0.15, 0.2) is 4.80 Å². The summed E-state index contributed by atoms with van der Waals surface area (Å²) in [6.45, 7) is 0.294. The first-order valence-electron chi connectivity index (χ1n) is 8.39. The first-order chi connectivity index (χ1) is 13.1. The maximum Gasteiger partial charge on any atom is 0.337 e. The number of methoxy groups -OCH3 is 1. The van der Waals surface area contributed by atoms with Gasteiger partial charge in [0.25, 0.3) is 0 Å². The number of aryl methyl sites for hydroxylation is 1. The summed E-state index contributed by atoms with van der Waals surface area (Å²) in [5, 5.41) is 0. The highest BCUT2D eigenvalue weighted by Gasteiger charge is 2.11. The number of carbonyl (C=O) groups is 2. The van der Waals surface area contributed by atoms with Gasteiger partial charge in [0.1, 0.15) is 0 Å². The van der Waals surface area contributed by atoms with Gasteiger partial charge in [-0.2, -0.15) is 4.99 Å². The van der Waals surface area contributed by atoms with Gasteiger partial charge in [0, 0.05) is 6.42 Å². The SMILES string of the molecule is C#CCn1c(=NC(=O)CCc2ccccc2)sc2cc(C(=O)OC)ccc21. The highest BCUT2D eigenvalue weighted by Crippen LogP contribution is 2.20. The number of nitrogens with zero attached hydrogens (tertiary/aromatic N) is 2. The minimum Gasteiger partial charge on any atom is -0.465 e. The number of terminal acetylenes is 1. The van der Waals surface area contributed by atoms with E-state index < -0.39 is 5.97 Å². The van der Waals surface area contributed by atoms with E-state index in [2.05, 4.69) is 10.9 Å². The fraction of sp³-hybridized carbons (Fsp3) is 0.190. The zero-order valence-corrected chi connectivity index (χ0v) is 15.7. The molecule has 27 heavy (non-hydrogen) atoms. The van der Waals surface area contributed by atoms with E-state index in [-0.39, 0.29) is 5.91 Å². The van der Waals surface area contributed by atoms with E-state index in [0.717, 1.165) is 15.8 Å². The second-order valence-corrected chi connectivity index (χ2v) is 6.85. The lowest BCUT2D eigenvalue weighted by molar-refractivity contribution is -0.118. The molecule has 2 aromatic carbocycles. The highest BCUT2D eigenvalue weighted by molar-refractivity contribution is 7.16. The topological polar surface area (TPSA) is 60.7 Å². The summed E-state index contributed by atoms with van der Waals surface area (Å²) in [4.78, 5) is 28.9.